The number of fused-ring (bicyclic) bond motifs is 1. The van der Waals surface area contributed by atoms with Crippen molar-refractivity contribution in [2.75, 3.05) is 0 Å². The van der Waals surface area contributed by atoms with Gasteiger partial charge in [0.05, 0.1) is 17.2 Å². The Morgan fingerprint density at radius 1 is 1.11 bits per heavy atom. The van der Waals surface area contributed by atoms with Gasteiger partial charge < -0.3 is 5.11 Å². The number of aromatic nitrogens is 3. The van der Waals surface area contributed by atoms with Crippen LogP contribution in [0, 0.1) is 5.82 Å². The van der Waals surface area contributed by atoms with Gasteiger partial charge in [-0.2, -0.15) is 0 Å². The molecule has 3 rings (SSSR count). The molecule has 1 aromatic carbocycles. The molecule has 19 heavy (non-hydrogen) atoms. The number of halogens is 1. The lowest BCUT2D eigenvalue weighted by molar-refractivity contribution is 0.220. The van der Waals surface area contributed by atoms with Gasteiger partial charge in [-0.25, -0.2) is 4.39 Å². The molecule has 1 N–H and O–H groups in total. The summed E-state index contributed by atoms with van der Waals surface area (Å²) < 4.78 is 13.2. The molecule has 0 aliphatic heterocycles. The predicted molar refractivity (Wildman–Crippen MR) is 67.8 cm³/mol. The number of para-hydroxylation sites is 1. The highest BCUT2D eigenvalue weighted by Gasteiger charge is 2.15. The molecule has 1 unspecified atom stereocenters. The lowest BCUT2D eigenvalue weighted by Gasteiger charge is -2.12. The molecule has 94 valence electrons. The van der Waals surface area contributed by atoms with Crippen LogP contribution in [-0.4, -0.2) is 20.1 Å². The minimum Gasteiger partial charge on any atom is -0.384 e. The van der Waals surface area contributed by atoms with Gasteiger partial charge in [0, 0.05) is 29.7 Å². The van der Waals surface area contributed by atoms with Crippen LogP contribution in [0.5, 0.6) is 0 Å². The largest absolute Gasteiger partial charge is 0.384 e. The fourth-order valence-electron chi connectivity index (χ4n) is 1.99. The lowest BCUT2D eigenvalue weighted by atomic mass is 10.0. The van der Waals surface area contributed by atoms with Crippen molar-refractivity contribution >= 4 is 11.0 Å². The van der Waals surface area contributed by atoms with Crippen LogP contribution in [-0.2, 0) is 0 Å². The summed E-state index contributed by atoms with van der Waals surface area (Å²) >= 11 is 0. The summed E-state index contributed by atoms with van der Waals surface area (Å²) in [6, 6.07) is 6.59. The number of rotatable bonds is 2. The maximum Gasteiger partial charge on any atom is 0.141 e. The number of aliphatic hydroxyl groups is 1. The van der Waals surface area contributed by atoms with E-state index < -0.39 is 11.9 Å². The van der Waals surface area contributed by atoms with Gasteiger partial charge in [0.25, 0.3) is 0 Å². The maximum absolute atomic E-state index is 13.2. The Labute approximate surface area is 108 Å². The van der Waals surface area contributed by atoms with Crippen molar-refractivity contribution in [2.24, 2.45) is 0 Å². The average Bonchev–Trinajstić information content (AvgIpc) is 2.46. The third-order valence-electron chi connectivity index (χ3n) is 2.87. The first-order chi connectivity index (χ1) is 9.25. The van der Waals surface area contributed by atoms with Crippen molar-refractivity contribution in [3.63, 3.8) is 0 Å². The van der Waals surface area contributed by atoms with Crippen LogP contribution in [0.2, 0.25) is 0 Å². The van der Waals surface area contributed by atoms with Crippen LogP contribution >= 0.6 is 0 Å². The van der Waals surface area contributed by atoms with Crippen LogP contribution in [0.1, 0.15) is 17.2 Å². The predicted octanol–water partition coefficient (Wildman–Crippen LogP) is 2.25. The minimum atomic E-state index is -0.983. The molecule has 3 aromatic rings. The number of nitrogens with zero attached hydrogens (tertiary/aromatic N) is 3. The topological polar surface area (TPSA) is 58.9 Å². The number of hydrogen-bond acceptors (Lipinski definition) is 4. The highest BCUT2D eigenvalue weighted by Crippen LogP contribution is 2.26. The molecule has 0 spiro atoms. The lowest BCUT2D eigenvalue weighted by Crippen LogP contribution is -2.03. The number of benzene rings is 1. The summed E-state index contributed by atoms with van der Waals surface area (Å²) in [5, 5.41) is 10.3. The van der Waals surface area contributed by atoms with Gasteiger partial charge in [-0.05, 0) is 12.1 Å². The zero-order valence-corrected chi connectivity index (χ0v) is 9.86. The van der Waals surface area contributed by atoms with E-state index in [1.807, 2.05) is 6.07 Å². The van der Waals surface area contributed by atoms with Crippen LogP contribution in [0.3, 0.4) is 0 Å². The van der Waals surface area contributed by atoms with E-state index in [1.54, 1.807) is 24.5 Å². The molecule has 0 saturated heterocycles. The van der Waals surface area contributed by atoms with Gasteiger partial charge in [-0.3, -0.25) is 15.0 Å². The second-order valence-corrected chi connectivity index (χ2v) is 4.11. The quantitative estimate of drug-likeness (QED) is 0.763. The van der Waals surface area contributed by atoms with E-state index >= 15 is 0 Å². The Bertz CT molecular complexity index is 727. The number of hydrogen-bond donors (Lipinski definition) is 1. The zero-order chi connectivity index (χ0) is 13.2. The molecular weight excluding hydrogens is 245 g/mol. The first-order valence-corrected chi connectivity index (χ1v) is 5.74. The Morgan fingerprint density at radius 3 is 2.79 bits per heavy atom. The second-order valence-electron chi connectivity index (χ2n) is 4.11. The highest BCUT2D eigenvalue weighted by molar-refractivity contribution is 5.78. The maximum atomic E-state index is 13.2. The van der Waals surface area contributed by atoms with Crippen molar-refractivity contribution < 1.29 is 9.50 Å². The molecule has 0 bridgehead atoms. The summed E-state index contributed by atoms with van der Waals surface area (Å²) in [5.41, 5.74) is 2.25. The molecule has 0 aliphatic rings. The van der Waals surface area contributed by atoms with Crippen LogP contribution in [0.25, 0.3) is 11.0 Å². The smallest absolute Gasteiger partial charge is 0.141 e. The summed E-state index contributed by atoms with van der Waals surface area (Å²) in [7, 11) is 0. The van der Waals surface area contributed by atoms with Crippen molar-refractivity contribution in [3.05, 3.63) is 66.0 Å². The molecule has 0 radical (unpaired) electrons. The van der Waals surface area contributed by atoms with E-state index in [0.717, 1.165) is 6.20 Å². The van der Waals surface area contributed by atoms with Crippen LogP contribution in [0.15, 0.2) is 49.1 Å². The molecular formula is C14H10FN3O. The van der Waals surface area contributed by atoms with E-state index in [2.05, 4.69) is 15.0 Å². The fourth-order valence-corrected chi connectivity index (χ4v) is 1.99. The van der Waals surface area contributed by atoms with Crippen LogP contribution < -0.4 is 0 Å². The SMILES string of the molecule is OC(c1cncc(F)c1)c1cccc2nccnc12. The molecule has 0 amide bonds. The first-order valence-electron chi connectivity index (χ1n) is 5.74. The Kier molecular flexibility index (Phi) is 2.89. The van der Waals surface area contributed by atoms with E-state index in [0.29, 0.717) is 22.2 Å². The van der Waals surface area contributed by atoms with Gasteiger partial charge in [-0.1, -0.05) is 12.1 Å². The minimum absolute atomic E-state index is 0.387. The van der Waals surface area contributed by atoms with E-state index in [4.69, 9.17) is 0 Å². The molecule has 0 fully saturated rings. The van der Waals surface area contributed by atoms with Crippen molar-refractivity contribution in [3.8, 4) is 0 Å². The van der Waals surface area contributed by atoms with Gasteiger partial charge in [0.2, 0.25) is 0 Å². The summed E-state index contributed by atoms with van der Waals surface area (Å²) in [4.78, 5) is 12.1. The highest BCUT2D eigenvalue weighted by atomic mass is 19.1. The third kappa shape index (κ3) is 2.15. The Balaban J connectivity index is 2.14. The molecule has 0 saturated carbocycles. The molecule has 2 heterocycles. The Hall–Kier alpha value is -2.40. The Morgan fingerprint density at radius 2 is 1.95 bits per heavy atom. The van der Waals surface area contributed by atoms with Crippen LogP contribution in [0.4, 0.5) is 4.39 Å². The van der Waals surface area contributed by atoms with Crippen molar-refractivity contribution in [1.29, 1.82) is 0 Å². The normalized spacial score (nSPS) is 12.5. The summed E-state index contributed by atoms with van der Waals surface area (Å²) in [6.45, 7) is 0. The first kappa shape index (κ1) is 11.7. The van der Waals surface area contributed by atoms with Crippen molar-refractivity contribution in [1.82, 2.24) is 15.0 Å². The number of pyridine rings is 1. The monoisotopic (exact) mass is 255 g/mol. The third-order valence-corrected chi connectivity index (χ3v) is 2.87. The van der Waals surface area contributed by atoms with Gasteiger partial charge in [-0.15, -0.1) is 0 Å². The number of aliphatic hydroxyl groups excluding tert-OH is 1. The standard InChI is InChI=1S/C14H10FN3O/c15-10-6-9(7-16-8-10)14(19)11-2-1-3-12-13(11)18-5-4-17-12/h1-8,14,19H. The van der Waals surface area contributed by atoms with E-state index in [9.17, 15) is 9.50 Å². The van der Waals surface area contributed by atoms with Gasteiger partial charge in [0.15, 0.2) is 0 Å². The summed E-state index contributed by atoms with van der Waals surface area (Å²) in [5.74, 6) is -0.483. The molecule has 2 aromatic heterocycles. The van der Waals surface area contributed by atoms with E-state index in [-0.39, 0.29) is 0 Å². The molecule has 5 heteroatoms. The van der Waals surface area contributed by atoms with Crippen molar-refractivity contribution in [2.45, 2.75) is 6.10 Å². The molecule has 0 aliphatic carbocycles. The van der Waals surface area contributed by atoms with Gasteiger partial charge >= 0.3 is 0 Å². The average molecular weight is 255 g/mol. The van der Waals surface area contributed by atoms with Gasteiger partial charge in [0.1, 0.15) is 11.9 Å². The summed E-state index contributed by atoms with van der Waals surface area (Å²) in [6.07, 6.45) is 4.69. The molecule has 4 nitrogen and oxygen atoms in total. The molecule has 1 atom stereocenters. The van der Waals surface area contributed by atoms with E-state index in [1.165, 1.54) is 12.3 Å². The zero-order valence-electron chi connectivity index (χ0n) is 9.86. The second kappa shape index (κ2) is 4.70. The fraction of sp³-hybridized carbons (Fsp3) is 0.0714.